The molecule has 0 saturated carbocycles. The number of para-hydroxylation sites is 1. The molecular weight excluding hydrogens is 377 g/mol. The Morgan fingerprint density at radius 2 is 1.89 bits per heavy atom. The van der Waals surface area contributed by atoms with Crippen LogP contribution in [0.2, 0.25) is 0 Å². The normalized spacial score (nSPS) is 16.5. The van der Waals surface area contributed by atoms with E-state index in [1.54, 1.807) is 24.3 Å². The lowest BCUT2D eigenvalue weighted by molar-refractivity contribution is -0.141. The number of pyridine rings is 1. The van der Waals surface area contributed by atoms with Gasteiger partial charge < -0.3 is 16.0 Å². The van der Waals surface area contributed by atoms with Crippen LogP contribution < -0.4 is 16.0 Å². The summed E-state index contributed by atoms with van der Waals surface area (Å²) in [5, 5.41) is 7.59. The largest absolute Gasteiger partial charge is 0.433 e. The van der Waals surface area contributed by atoms with Crippen molar-refractivity contribution >= 4 is 29.1 Å². The summed E-state index contributed by atoms with van der Waals surface area (Å²) in [5.74, 6) is -1.42. The van der Waals surface area contributed by atoms with Crippen LogP contribution in [0.25, 0.3) is 0 Å². The van der Waals surface area contributed by atoms with Crippen LogP contribution in [0.1, 0.15) is 28.9 Å². The van der Waals surface area contributed by atoms with Gasteiger partial charge in [-0.05, 0) is 30.7 Å². The van der Waals surface area contributed by atoms with Crippen LogP contribution >= 0.6 is 0 Å². The van der Waals surface area contributed by atoms with Crippen molar-refractivity contribution in [2.75, 3.05) is 10.6 Å². The summed E-state index contributed by atoms with van der Waals surface area (Å²) in [7, 11) is 0. The van der Waals surface area contributed by atoms with E-state index in [1.807, 2.05) is 0 Å². The van der Waals surface area contributed by atoms with Gasteiger partial charge in [0.15, 0.2) is 0 Å². The second-order valence-electron chi connectivity index (χ2n) is 6.08. The smallest absolute Gasteiger partial charge is 0.340 e. The van der Waals surface area contributed by atoms with Gasteiger partial charge in [0, 0.05) is 6.42 Å². The number of carbonyl (C=O) groups is 3. The van der Waals surface area contributed by atoms with Gasteiger partial charge in [-0.25, -0.2) is 4.98 Å². The minimum absolute atomic E-state index is 0.0193. The second-order valence-corrected chi connectivity index (χ2v) is 6.08. The van der Waals surface area contributed by atoms with Crippen LogP contribution in [0.5, 0.6) is 0 Å². The number of halogens is 3. The minimum atomic E-state index is -4.56. The van der Waals surface area contributed by atoms with Crippen molar-refractivity contribution in [2.24, 2.45) is 0 Å². The Labute approximate surface area is 157 Å². The van der Waals surface area contributed by atoms with E-state index >= 15 is 0 Å². The summed E-state index contributed by atoms with van der Waals surface area (Å²) >= 11 is 0. The number of nitrogens with one attached hydrogen (secondary N) is 3. The molecule has 10 heteroatoms. The first-order valence-corrected chi connectivity index (χ1v) is 8.28. The summed E-state index contributed by atoms with van der Waals surface area (Å²) in [6.07, 6.45) is -3.77. The van der Waals surface area contributed by atoms with E-state index in [0.29, 0.717) is 11.3 Å². The van der Waals surface area contributed by atoms with Crippen molar-refractivity contribution in [3.8, 4) is 0 Å². The minimum Gasteiger partial charge on any atom is -0.340 e. The van der Waals surface area contributed by atoms with Crippen LogP contribution in [0, 0.1) is 0 Å². The fraction of sp³-hybridized carbons (Fsp3) is 0.222. The van der Waals surface area contributed by atoms with Crippen molar-refractivity contribution in [1.82, 2.24) is 10.3 Å². The third-order valence-electron chi connectivity index (χ3n) is 4.05. The lowest BCUT2D eigenvalue weighted by atomic mass is 10.1. The number of aromatic nitrogens is 1. The quantitative estimate of drug-likeness (QED) is 0.745. The average Bonchev–Trinajstić information content (AvgIpc) is 2.76. The molecule has 7 nitrogen and oxygen atoms in total. The molecule has 1 aromatic carbocycles. The number of hydrogen-bond donors (Lipinski definition) is 3. The Kier molecular flexibility index (Phi) is 5.30. The molecule has 3 rings (SSSR count). The topological polar surface area (TPSA) is 100 Å². The molecule has 0 saturated heterocycles. The highest BCUT2D eigenvalue weighted by Gasteiger charge is 2.32. The van der Waals surface area contributed by atoms with E-state index in [4.69, 9.17) is 0 Å². The van der Waals surface area contributed by atoms with Crippen molar-refractivity contribution in [3.05, 3.63) is 53.9 Å². The van der Waals surface area contributed by atoms with Crippen molar-refractivity contribution < 1.29 is 27.6 Å². The monoisotopic (exact) mass is 392 g/mol. The zero-order valence-corrected chi connectivity index (χ0v) is 14.3. The van der Waals surface area contributed by atoms with Crippen molar-refractivity contribution in [3.63, 3.8) is 0 Å². The number of alkyl halides is 3. The maximum Gasteiger partial charge on any atom is 0.433 e. The van der Waals surface area contributed by atoms with E-state index in [0.717, 1.165) is 18.3 Å². The highest BCUT2D eigenvalue weighted by molar-refractivity contribution is 6.09. The summed E-state index contributed by atoms with van der Waals surface area (Å²) in [5.41, 5.74) is -0.269. The van der Waals surface area contributed by atoms with Crippen LogP contribution in [-0.2, 0) is 15.8 Å². The number of carbonyl (C=O) groups excluding carboxylic acids is 3. The molecule has 0 radical (unpaired) electrons. The molecular formula is C18H15F3N4O3. The first-order valence-electron chi connectivity index (χ1n) is 8.28. The summed E-state index contributed by atoms with van der Waals surface area (Å²) in [6, 6.07) is 7.43. The predicted octanol–water partition coefficient (Wildman–Crippen LogP) is 2.57. The molecule has 0 unspecified atom stereocenters. The van der Waals surface area contributed by atoms with E-state index in [2.05, 4.69) is 20.9 Å². The Bertz CT molecular complexity index is 913. The zero-order chi connectivity index (χ0) is 20.3. The number of benzene rings is 1. The van der Waals surface area contributed by atoms with E-state index in [-0.39, 0.29) is 18.5 Å². The number of anilines is 2. The van der Waals surface area contributed by atoms with Gasteiger partial charge >= 0.3 is 6.18 Å². The zero-order valence-electron chi connectivity index (χ0n) is 14.3. The molecule has 0 aliphatic carbocycles. The molecule has 1 atom stereocenters. The average molecular weight is 392 g/mol. The lowest BCUT2D eigenvalue weighted by Crippen LogP contribution is -2.41. The van der Waals surface area contributed by atoms with Crippen LogP contribution in [0.15, 0.2) is 42.6 Å². The SMILES string of the molecule is O=C(CC[C@@H]1NC(=O)c2ccccc2NC1=O)Nc1ccc(C(F)(F)F)nc1. The molecule has 3 N–H and O–H groups in total. The third-order valence-corrected chi connectivity index (χ3v) is 4.05. The molecule has 1 aromatic heterocycles. The van der Waals surface area contributed by atoms with Gasteiger partial charge in [-0.15, -0.1) is 0 Å². The number of amides is 3. The molecule has 0 bridgehead atoms. The van der Waals surface area contributed by atoms with Gasteiger partial charge in [0.2, 0.25) is 11.8 Å². The predicted molar refractivity (Wildman–Crippen MR) is 93.4 cm³/mol. The van der Waals surface area contributed by atoms with E-state index in [1.165, 1.54) is 0 Å². The number of nitrogens with zero attached hydrogens (tertiary/aromatic N) is 1. The number of rotatable bonds is 4. The first-order chi connectivity index (χ1) is 13.2. The van der Waals surface area contributed by atoms with Gasteiger partial charge in [-0.2, -0.15) is 13.2 Å². The molecule has 1 aliphatic heterocycles. The Morgan fingerprint density at radius 3 is 2.57 bits per heavy atom. The van der Waals surface area contributed by atoms with Crippen molar-refractivity contribution in [2.45, 2.75) is 25.1 Å². The van der Waals surface area contributed by atoms with E-state index in [9.17, 15) is 27.6 Å². The molecule has 146 valence electrons. The highest BCUT2D eigenvalue weighted by atomic mass is 19.4. The standard InChI is InChI=1S/C18H15F3N4O3/c19-18(20,21)14-7-5-10(9-22-14)23-15(26)8-6-13-17(28)24-12-4-2-1-3-11(12)16(27)25-13/h1-5,7,9,13H,6,8H2,(H,23,26)(H,24,28)(H,25,27)/t13-/m0/s1. The highest BCUT2D eigenvalue weighted by Crippen LogP contribution is 2.27. The maximum absolute atomic E-state index is 12.5. The molecule has 28 heavy (non-hydrogen) atoms. The van der Waals surface area contributed by atoms with Gasteiger partial charge in [-0.3, -0.25) is 14.4 Å². The fourth-order valence-corrected chi connectivity index (χ4v) is 2.65. The molecule has 0 spiro atoms. The first kappa shape index (κ1) is 19.3. The van der Waals surface area contributed by atoms with E-state index < -0.39 is 35.6 Å². The lowest BCUT2D eigenvalue weighted by Gasteiger charge is -2.14. The van der Waals surface area contributed by atoms with Gasteiger partial charge in [0.1, 0.15) is 11.7 Å². The Balaban J connectivity index is 1.57. The summed E-state index contributed by atoms with van der Waals surface area (Å²) in [6.45, 7) is 0. The molecule has 2 aromatic rings. The van der Waals surface area contributed by atoms with Gasteiger partial charge in [0.05, 0.1) is 23.1 Å². The third kappa shape index (κ3) is 4.45. The summed E-state index contributed by atoms with van der Waals surface area (Å²) < 4.78 is 37.5. The second kappa shape index (κ2) is 7.67. The Morgan fingerprint density at radius 1 is 1.14 bits per heavy atom. The van der Waals surface area contributed by atoms with Gasteiger partial charge in [-0.1, -0.05) is 12.1 Å². The van der Waals surface area contributed by atoms with Crippen LogP contribution in [-0.4, -0.2) is 28.7 Å². The molecule has 2 heterocycles. The molecule has 1 aliphatic rings. The number of hydrogen-bond acceptors (Lipinski definition) is 4. The Hall–Kier alpha value is -3.43. The maximum atomic E-state index is 12.5. The fourth-order valence-electron chi connectivity index (χ4n) is 2.65. The molecule has 3 amide bonds. The van der Waals surface area contributed by atoms with Crippen molar-refractivity contribution in [1.29, 1.82) is 0 Å². The van der Waals surface area contributed by atoms with Gasteiger partial charge in [0.25, 0.3) is 5.91 Å². The number of fused-ring (bicyclic) bond motifs is 1. The molecule has 0 fully saturated rings. The summed E-state index contributed by atoms with van der Waals surface area (Å²) in [4.78, 5) is 39.7. The van der Waals surface area contributed by atoms with Crippen LogP contribution in [0.3, 0.4) is 0 Å². The van der Waals surface area contributed by atoms with Crippen LogP contribution in [0.4, 0.5) is 24.5 Å².